The number of carbonyl (C=O) groups excluding carboxylic acids is 1. The van der Waals surface area contributed by atoms with E-state index in [4.69, 9.17) is 0 Å². The molecule has 0 N–H and O–H groups in total. The van der Waals surface area contributed by atoms with Crippen LogP contribution in [0.3, 0.4) is 0 Å². The summed E-state index contributed by atoms with van der Waals surface area (Å²) in [5, 5.41) is 0. The molecule has 0 spiro atoms. The van der Waals surface area contributed by atoms with Gasteiger partial charge in [-0.3, -0.25) is 4.79 Å². The van der Waals surface area contributed by atoms with Gasteiger partial charge in [0, 0.05) is 10.5 Å². The molecule has 0 amide bonds. The summed E-state index contributed by atoms with van der Waals surface area (Å²) in [6, 6.07) is 10.3. The monoisotopic (exact) mass is 218 g/mol. The summed E-state index contributed by atoms with van der Waals surface area (Å²) >= 11 is 1.75. The molecule has 1 aliphatic rings. The van der Waals surface area contributed by atoms with Crippen LogP contribution in [0, 0.1) is 0 Å². The third-order valence-electron chi connectivity index (χ3n) is 2.58. The SMILES string of the molecule is O=CC1=C(Sc2ccccc2)CCCC1. The molecule has 0 heterocycles. The van der Waals surface area contributed by atoms with Crippen molar-refractivity contribution in [3.63, 3.8) is 0 Å². The number of carbonyl (C=O) groups is 1. The van der Waals surface area contributed by atoms with Crippen molar-refractivity contribution in [1.82, 2.24) is 0 Å². The highest BCUT2D eigenvalue weighted by Gasteiger charge is 2.12. The van der Waals surface area contributed by atoms with E-state index in [9.17, 15) is 4.79 Å². The van der Waals surface area contributed by atoms with Crippen LogP contribution in [0.2, 0.25) is 0 Å². The van der Waals surface area contributed by atoms with Crippen LogP contribution in [0.1, 0.15) is 25.7 Å². The summed E-state index contributed by atoms with van der Waals surface area (Å²) in [6.45, 7) is 0. The molecule has 0 atom stereocenters. The number of aldehydes is 1. The Morgan fingerprint density at radius 2 is 1.80 bits per heavy atom. The molecule has 0 aliphatic heterocycles. The molecule has 0 aromatic heterocycles. The Hall–Kier alpha value is -1.02. The van der Waals surface area contributed by atoms with Crippen LogP contribution in [0.5, 0.6) is 0 Å². The van der Waals surface area contributed by atoms with Crippen LogP contribution in [-0.4, -0.2) is 6.29 Å². The van der Waals surface area contributed by atoms with Gasteiger partial charge in [-0.25, -0.2) is 0 Å². The van der Waals surface area contributed by atoms with Gasteiger partial charge in [0.15, 0.2) is 0 Å². The second-order valence-electron chi connectivity index (χ2n) is 3.69. The summed E-state index contributed by atoms with van der Waals surface area (Å²) < 4.78 is 0. The second-order valence-corrected chi connectivity index (χ2v) is 4.86. The summed E-state index contributed by atoms with van der Waals surface area (Å²) in [5.41, 5.74) is 1.01. The minimum atomic E-state index is 0.957. The molecular formula is C13H14OS. The fourth-order valence-corrected chi connectivity index (χ4v) is 2.88. The Kier molecular flexibility index (Phi) is 3.62. The van der Waals surface area contributed by atoms with Gasteiger partial charge >= 0.3 is 0 Å². The maximum atomic E-state index is 10.9. The van der Waals surface area contributed by atoms with Crippen molar-refractivity contribution in [3.8, 4) is 0 Å². The maximum absolute atomic E-state index is 10.9. The zero-order valence-electron chi connectivity index (χ0n) is 8.61. The Balaban J connectivity index is 2.16. The molecular weight excluding hydrogens is 204 g/mol. The number of allylic oxidation sites excluding steroid dienone is 2. The Morgan fingerprint density at radius 3 is 2.53 bits per heavy atom. The van der Waals surface area contributed by atoms with Gasteiger partial charge in [-0.05, 0) is 42.7 Å². The van der Waals surface area contributed by atoms with E-state index in [1.54, 1.807) is 11.8 Å². The van der Waals surface area contributed by atoms with Crippen LogP contribution in [0.4, 0.5) is 0 Å². The van der Waals surface area contributed by atoms with E-state index in [0.717, 1.165) is 31.1 Å². The summed E-state index contributed by atoms with van der Waals surface area (Å²) in [4.78, 5) is 13.4. The van der Waals surface area contributed by atoms with Gasteiger partial charge in [0.05, 0.1) is 0 Å². The Morgan fingerprint density at radius 1 is 1.07 bits per heavy atom. The van der Waals surface area contributed by atoms with Crippen LogP contribution < -0.4 is 0 Å². The first kappa shape index (κ1) is 10.5. The largest absolute Gasteiger partial charge is 0.298 e. The average molecular weight is 218 g/mol. The third-order valence-corrected chi connectivity index (χ3v) is 3.81. The molecule has 78 valence electrons. The lowest BCUT2D eigenvalue weighted by Crippen LogP contribution is -1.98. The van der Waals surface area contributed by atoms with Crippen molar-refractivity contribution < 1.29 is 4.79 Å². The van der Waals surface area contributed by atoms with Crippen LogP contribution in [0.25, 0.3) is 0 Å². The number of hydrogen-bond acceptors (Lipinski definition) is 2. The first-order chi connectivity index (χ1) is 7.40. The predicted octanol–water partition coefficient (Wildman–Crippen LogP) is 3.81. The lowest BCUT2D eigenvalue weighted by molar-refractivity contribution is -0.105. The van der Waals surface area contributed by atoms with Crippen molar-refractivity contribution >= 4 is 18.0 Å². The van der Waals surface area contributed by atoms with Crippen LogP contribution in [0.15, 0.2) is 45.7 Å². The molecule has 0 saturated heterocycles. The van der Waals surface area contributed by atoms with Gasteiger partial charge in [0.2, 0.25) is 0 Å². The van der Waals surface area contributed by atoms with Gasteiger partial charge < -0.3 is 0 Å². The van der Waals surface area contributed by atoms with Crippen molar-refractivity contribution in [2.45, 2.75) is 30.6 Å². The predicted molar refractivity (Wildman–Crippen MR) is 63.9 cm³/mol. The van der Waals surface area contributed by atoms with Gasteiger partial charge in [-0.1, -0.05) is 30.0 Å². The first-order valence-corrected chi connectivity index (χ1v) is 6.12. The smallest absolute Gasteiger partial charge is 0.146 e. The van der Waals surface area contributed by atoms with E-state index in [0.29, 0.717) is 0 Å². The number of thioether (sulfide) groups is 1. The number of hydrogen-bond donors (Lipinski definition) is 0. The highest BCUT2D eigenvalue weighted by atomic mass is 32.2. The molecule has 2 rings (SSSR count). The van der Waals surface area contributed by atoms with Gasteiger partial charge in [-0.2, -0.15) is 0 Å². The van der Waals surface area contributed by atoms with Crippen LogP contribution >= 0.6 is 11.8 Å². The van der Waals surface area contributed by atoms with Crippen LogP contribution in [-0.2, 0) is 4.79 Å². The molecule has 1 aromatic carbocycles. The highest BCUT2D eigenvalue weighted by Crippen LogP contribution is 2.36. The van der Waals surface area contributed by atoms with Gasteiger partial charge in [0.25, 0.3) is 0 Å². The molecule has 1 aromatic rings. The minimum Gasteiger partial charge on any atom is -0.298 e. The van der Waals surface area contributed by atoms with E-state index in [2.05, 4.69) is 12.1 Å². The zero-order valence-corrected chi connectivity index (χ0v) is 9.43. The van der Waals surface area contributed by atoms with Crippen molar-refractivity contribution in [1.29, 1.82) is 0 Å². The van der Waals surface area contributed by atoms with Crippen molar-refractivity contribution in [2.75, 3.05) is 0 Å². The van der Waals surface area contributed by atoms with Gasteiger partial charge in [-0.15, -0.1) is 0 Å². The Labute approximate surface area is 94.6 Å². The first-order valence-electron chi connectivity index (χ1n) is 5.30. The van der Waals surface area contributed by atoms with Gasteiger partial charge in [0.1, 0.15) is 6.29 Å². The van der Waals surface area contributed by atoms with Crippen molar-refractivity contribution in [3.05, 3.63) is 40.8 Å². The molecule has 0 unspecified atom stereocenters. The molecule has 15 heavy (non-hydrogen) atoms. The fourth-order valence-electron chi connectivity index (χ4n) is 1.77. The minimum absolute atomic E-state index is 0.957. The van der Waals surface area contributed by atoms with E-state index >= 15 is 0 Å². The maximum Gasteiger partial charge on any atom is 0.146 e. The molecule has 2 heteroatoms. The average Bonchev–Trinajstić information content (AvgIpc) is 2.31. The quantitative estimate of drug-likeness (QED) is 0.718. The summed E-state index contributed by atoms with van der Waals surface area (Å²) in [6.07, 6.45) is 5.43. The zero-order chi connectivity index (χ0) is 10.5. The molecule has 0 radical (unpaired) electrons. The lowest BCUT2D eigenvalue weighted by Gasteiger charge is -2.15. The normalized spacial score (nSPS) is 16.5. The highest BCUT2D eigenvalue weighted by molar-refractivity contribution is 8.03. The van der Waals surface area contributed by atoms with Crippen molar-refractivity contribution in [2.24, 2.45) is 0 Å². The molecule has 1 nitrogen and oxygen atoms in total. The number of benzene rings is 1. The lowest BCUT2D eigenvalue weighted by atomic mass is 10.0. The van der Waals surface area contributed by atoms with E-state index in [1.165, 1.54) is 16.2 Å². The second kappa shape index (κ2) is 5.17. The standard InChI is InChI=1S/C13H14OS/c14-10-11-6-4-5-9-13(11)15-12-7-2-1-3-8-12/h1-3,7-8,10H,4-6,9H2. The Bertz CT molecular complexity index is 367. The van der Waals surface area contributed by atoms with E-state index in [1.807, 2.05) is 18.2 Å². The summed E-state index contributed by atoms with van der Waals surface area (Å²) in [5.74, 6) is 0. The number of rotatable bonds is 3. The third kappa shape index (κ3) is 2.72. The topological polar surface area (TPSA) is 17.1 Å². The van der Waals surface area contributed by atoms with E-state index in [-0.39, 0.29) is 0 Å². The molecule has 1 aliphatic carbocycles. The summed E-state index contributed by atoms with van der Waals surface area (Å²) in [7, 11) is 0. The van der Waals surface area contributed by atoms with E-state index < -0.39 is 0 Å². The molecule has 0 saturated carbocycles. The molecule has 0 bridgehead atoms. The fraction of sp³-hybridized carbons (Fsp3) is 0.308. The molecule has 0 fully saturated rings.